The minimum atomic E-state index is -3.32. The highest BCUT2D eigenvalue weighted by Crippen LogP contribution is 2.39. The van der Waals surface area contributed by atoms with E-state index >= 15 is 0 Å². The highest BCUT2D eigenvalue weighted by atomic mass is 32.2. The molecule has 1 N–H and O–H groups in total. The van der Waals surface area contributed by atoms with E-state index in [-0.39, 0.29) is 17.4 Å². The molecule has 2 aliphatic rings. The number of nitrogens with zero attached hydrogens (tertiary/aromatic N) is 4. The Balaban J connectivity index is 1.47. The normalized spacial score (nSPS) is 18.6. The molecule has 0 radical (unpaired) electrons. The van der Waals surface area contributed by atoms with Gasteiger partial charge in [0, 0.05) is 24.8 Å². The van der Waals surface area contributed by atoms with Crippen molar-refractivity contribution in [1.82, 2.24) is 19.8 Å². The van der Waals surface area contributed by atoms with Crippen LogP contribution in [0.3, 0.4) is 0 Å². The van der Waals surface area contributed by atoms with Crippen LogP contribution in [-0.2, 0) is 22.9 Å². The standard InChI is InChI=1S/C16H20N4O5S/c1-26(23,24)9-14(21)13-6-11-8-19(4-5-20(11)17-13)16(22)15-7-12(18-25-15)10-2-3-10/h6-7,10,14,21H,2-5,8-9H2,1H3/t14-/m0/s1. The number of hydrogen-bond acceptors (Lipinski definition) is 7. The van der Waals surface area contributed by atoms with Crippen LogP contribution < -0.4 is 0 Å². The zero-order chi connectivity index (χ0) is 18.5. The van der Waals surface area contributed by atoms with E-state index in [9.17, 15) is 18.3 Å². The van der Waals surface area contributed by atoms with Crippen LogP contribution in [0.25, 0.3) is 0 Å². The van der Waals surface area contributed by atoms with E-state index in [1.165, 1.54) is 0 Å². The van der Waals surface area contributed by atoms with Crippen molar-refractivity contribution in [2.24, 2.45) is 0 Å². The Morgan fingerprint density at radius 1 is 1.38 bits per heavy atom. The molecule has 0 unspecified atom stereocenters. The van der Waals surface area contributed by atoms with Crippen molar-refractivity contribution in [3.8, 4) is 0 Å². The van der Waals surface area contributed by atoms with E-state index in [2.05, 4.69) is 10.3 Å². The van der Waals surface area contributed by atoms with Gasteiger partial charge in [0.05, 0.1) is 35.9 Å². The van der Waals surface area contributed by atoms with E-state index < -0.39 is 15.9 Å². The van der Waals surface area contributed by atoms with Crippen molar-refractivity contribution < 1.29 is 22.8 Å². The van der Waals surface area contributed by atoms with Gasteiger partial charge in [-0.05, 0) is 18.9 Å². The summed E-state index contributed by atoms with van der Waals surface area (Å²) in [4.78, 5) is 14.3. The smallest absolute Gasteiger partial charge is 0.292 e. The minimum absolute atomic E-state index is 0.227. The molecular formula is C16H20N4O5S. The molecule has 0 spiro atoms. The van der Waals surface area contributed by atoms with E-state index in [4.69, 9.17) is 4.52 Å². The average Bonchev–Trinajstić information content (AvgIpc) is 3.15. The van der Waals surface area contributed by atoms with Gasteiger partial charge >= 0.3 is 0 Å². The maximum atomic E-state index is 12.6. The molecule has 1 atom stereocenters. The number of hydrogen-bond donors (Lipinski definition) is 1. The van der Waals surface area contributed by atoms with Crippen LogP contribution in [0.1, 0.15) is 52.5 Å². The number of sulfone groups is 1. The Labute approximate surface area is 150 Å². The second-order valence-electron chi connectivity index (χ2n) is 7.01. The van der Waals surface area contributed by atoms with Gasteiger partial charge in [-0.3, -0.25) is 9.48 Å². The monoisotopic (exact) mass is 380 g/mol. The summed E-state index contributed by atoms with van der Waals surface area (Å²) >= 11 is 0. The lowest BCUT2D eigenvalue weighted by Gasteiger charge is -2.26. The Kier molecular flexibility index (Phi) is 4.11. The van der Waals surface area contributed by atoms with E-state index in [1.807, 2.05) is 0 Å². The number of fused-ring (bicyclic) bond motifs is 1. The lowest BCUT2D eigenvalue weighted by Crippen LogP contribution is -2.38. The molecule has 140 valence electrons. The Hall–Kier alpha value is -2.20. The first kappa shape index (κ1) is 17.2. The number of aliphatic hydroxyl groups is 1. The maximum absolute atomic E-state index is 12.6. The van der Waals surface area contributed by atoms with Crippen molar-refractivity contribution in [3.63, 3.8) is 0 Å². The largest absolute Gasteiger partial charge is 0.386 e. The van der Waals surface area contributed by atoms with E-state index in [1.54, 1.807) is 21.7 Å². The molecular weight excluding hydrogens is 360 g/mol. The summed E-state index contributed by atoms with van der Waals surface area (Å²) in [7, 11) is -3.32. The number of aromatic nitrogens is 3. The summed E-state index contributed by atoms with van der Waals surface area (Å²) in [6, 6.07) is 3.36. The van der Waals surface area contributed by atoms with Gasteiger partial charge in [0.25, 0.3) is 5.91 Å². The van der Waals surface area contributed by atoms with Crippen LogP contribution in [0.15, 0.2) is 16.7 Å². The van der Waals surface area contributed by atoms with E-state index in [0.29, 0.717) is 31.2 Å². The first-order valence-electron chi connectivity index (χ1n) is 8.48. The molecule has 26 heavy (non-hydrogen) atoms. The van der Waals surface area contributed by atoms with Crippen molar-refractivity contribution in [2.75, 3.05) is 18.6 Å². The highest BCUT2D eigenvalue weighted by Gasteiger charge is 2.31. The quantitative estimate of drug-likeness (QED) is 0.801. The van der Waals surface area contributed by atoms with Gasteiger partial charge in [-0.1, -0.05) is 5.16 Å². The predicted molar refractivity (Wildman–Crippen MR) is 90.1 cm³/mol. The number of rotatable bonds is 5. The number of aliphatic hydroxyl groups excluding tert-OH is 1. The minimum Gasteiger partial charge on any atom is -0.386 e. The summed E-state index contributed by atoms with van der Waals surface area (Å²) in [6.45, 7) is 1.24. The van der Waals surface area contributed by atoms with Gasteiger partial charge in [-0.2, -0.15) is 5.10 Å². The van der Waals surface area contributed by atoms with Crippen LogP contribution in [0.5, 0.6) is 0 Å². The molecule has 0 saturated heterocycles. The topological polar surface area (TPSA) is 119 Å². The molecule has 1 aliphatic carbocycles. The van der Waals surface area contributed by atoms with Gasteiger partial charge in [0.1, 0.15) is 15.9 Å². The summed E-state index contributed by atoms with van der Waals surface area (Å²) in [5, 5.41) is 18.3. The van der Waals surface area contributed by atoms with Crippen LogP contribution in [-0.4, -0.2) is 57.8 Å². The molecule has 4 rings (SSSR count). The molecule has 1 amide bonds. The fourth-order valence-corrected chi connectivity index (χ4v) is 3.86. The zero-order valence-electron chi connectivity index (χ0n) is 14.3. The molecule has 0 aromatic carbocycles. The molecule has 3 heterocycles. The van der Waals surface area contributed by atoms with Crippen LogP contribution in [0.4, 0.5) is 0 Å². The number of carbonyl (C=O) groups excluding carboxylic acids is 1. The third-order valence-electron chi connectivity index (χ3n) is 4.64. The molecule has 1 fully saturated rings. The van der Waals surface area contributed by atoms with Crippen LogP contribution in [0, 0.1) is 0 Å². The van der Waals surface area contributed by atoms with Gasteiger partial charge in [-0.15, -0.1) is 0 Å². The van der Waals surface area contributed by atoms with Crippen LogP contribution >= 0.6 is 0 Å². The summed E-state index contributed by atoms with van der Waals surface area (Å²) in [6.07, 6.45) is 2.06. The van der Waals surface area contributed by atoms with Gasteiger partial charge in [-0.25, -0.2) is 8.42 Å². The number of carbonyl (C=O) groups is 1. The van der Waals surface area contributed by atoms with Crippen LogP contribution in [0.2, 0.25) is 0 Å². The summed E-state index contributed by atoms with van der Waals surface area (Å²) < 4.78 is 29.6. The predicted octanol–water partition coefficient (Wildman–Crippen LogP) is 0.482. The molecule has 1 aliphatic heterocycles. The first-order chi connectivity index (χ1) is 12.3. The average molecular weight is 380 g/mol. The molecule has 2 aromatic rings. The molecule has 2 aromatic heterocycles. The van der Waals surface area contributed by atoms with Crippen molar-refractivity contribution in [1.29, 1.82) is 0 Å². The van der Waals surface area contributed by atoms with Gasteiger partial charge in [0.15, 0.2) is 0 Å². The highest BCUT2D eigenvalue weighted by molar-refractivity contribution is 7.90. The Morgan fingerprint density at radius 3 is 2.85 bits per heavy atom. The maximum Gasteiger partial charge on any atom is 0.292 e. The molecule has 9 nitrogen and oxygen atoms in total. The summed E-state index contributed by atoms with van der Waals surface area (Å²) in [5.74, 6) is 0.0444. The SMILES string of the molecule is CS(=O)(=O)C[C@H](O)c1cc2n(n1)CCN(C(=O)c1cc(C3CC3)no1)C2. The lowest BCUT2D eigenvalue weighted by molar-refractivity contribution is 0.0663. The van der Waals surface area contributed by atoms with Crippen molar-refractivity contribution >= 4 is 15.7 Å². The van der Waals surface area contributed by atoms with Crippen molar-refractivity contribution in [3.05, 3.63) is 35.0 Å². The second-order valence-corrected chi connectivity index (χ2v) is 9.19. The Bertz CT molecular complexity index is 944. The Morgan fingerprint density at radius 2 is 2.15 bits per heavy atom. The zero-order valence-corrected chi connectivity index (χ0v) is 15.1. The fourth-order valence-electron chi connectivity index (χ4n) is 3.11. The summed E-state index contributed by atoms with van der Waals surface area (Å²) in [5.41, 5.74) is 1.88. The fraction of sp³-hybridized carbons (Fsp3) is 0.562. The van der Waals surface area contributed by atoms with Crippen molar-refractivity contribution in [2.45, 2.75) is 38.0 Å². The number of amides is 1. The van der Waals surface area contributed by atoms with Gasteiger partial charge < -0.3 is 14.5 Å². The molecule has 1 saturated carbocycles. The van der Waals surface area contributed by atoms with Gasteiger partial charge in [0.2, 0.25) is 5.76 Å². The lowest BCUT2D eigenvalue weighted by atomic mass is 10.2. The molecule has 10 heteroatoms. The molecule has 0 bridgehead atoms. The van der Waals surface area contributed by atoms with E-state index in [0.717, 1.165) is 30.5 Å². The second kappa shape index (κ2) is 6.20. The first-order valence-corrected chi connectivity index (χ1v) is 10.5. The third kappa shape index (κ3) is 3.51. The third-order valence-corrected chi connectivity index (χ3v) is 5.56.